The topological polar surface area (TPSA) is 166 Å². The minimum Gasteiger partial charge on any atom is -0.463 e. The number of carbonyl (C=O) groups is 1. The van der Waals surface area contributed by atoms with Crippen LogP contribution in [0.15, 0.2) is 41.5 Å². The molecule has 0 spiro atoms. The normalized spacial score (nSPS) is 23.8. The fourth-order valence-corrected chi connectivity index (χ4v) is 4.49. The molecule has 1 unspecified atom stereocenters. The monoisotopic (exact) mass is 467 g/mol. The van der Waals surface area contributed by atoms with Crippen LogP contribution in [0.1, 0.15) is 36.6 Å². The fraction of sp³-hybridized carbons (Fsp3) is 0.391. The summed E-state index contributed by atoms with van der Waals surface area (Å²) in [6.07, 6.45) is 1.34. The van der Waals surface area contributed by atoms with Gasteiger partial charge in [0, 0.05) is 6.42 Å². The number of H-pyrrole nitrogens is 1. The van der Waals surface area contributed by atoms with Crippen LogP contribution in [0.4, 0.5) is 5.95 Å². The zero-order valence-corrected chi connectivity index (χ0v) is 18.3. The molecule has 1 aliphatic heterocycles. The van der Waals surface area contributed by atoms with Crippen LogP contribution in [-0.4, -0.2) is 60.6 Å². The smallest absolute Gasteiger partial charge is 0.305 e. The van der Waals surface area contributed by atoms with Crippen LogP contribution in [0.25, 0.3) is 16.7 Å². The number of aromatic nitrogens is 4. The molecule has 0 amide bonds. The van der Waals surface area contributed by atoms with Gasteiger partial charge in [-0.3, -0.25) is 19.1 Å². The number of aromatic amines is 1. The molecular formula is C23H25N5O6. The first-order valence-corrected chi connectivity index (χ1v) is 11.1. The quantitative estimate of drug-likeness (QED) is 0.365. The molecule has 11 nitrogen and oxygen atoms in total. The van der Waals surface area contributed by atoms with E-state index in [2.05, 4.69) is 33.2 Å². The minimum absolute atomic E-state index is 0.0226. The van der Waals surface area contributed by atoms with Crippen molar-refractivity contribution in [2.24, 2.45) is 0 Å². The van der Waals surface area contributed by atoms with Gasteiger partial charge in [-0.25, -0.2) is 4.98 Å². The summed E-state index contributed by atoms with van der Waals surface area (Å²) in [6.45, 7) is -0.220. The van der Waals surface area contributed by atoms with E-state index in [4.69, 9.17) is 15.2 Å². The molecule has 1 saturated heterocycles. The van der Waals surface area contributed by atoms with Gasteiger partial charge in [0.2, 0.25) is 5.95 Å². The lowest BCUT2D eigenvalue weighted by atomic mass is 10.0. The van der Waals surface area contributed by atoms with Crippen LogP contribution in [-0.2, 0) is 20.7 Å². The van der Waals surface area contributed by atoms with Gasteiger partial charge in [0.05, 0.1) is 6.33 Å². The number of hydrogen-bond acceptors (Lipinski definition) is 9. The van der Waals surface area contributed by atoms with Crippen LogP contribution in [0.2, 0.25) is 0 Å². The highest BCUT2D eigenvalue weighted by molar-refractivity contribution is 5.74. The van der Waals surface area contributed by atoms with Gasteiger partial charge in [-0.1, -0.05) is 30.3 Å². The molecule has 1 aromatic carbocycles. The molecule has 0 saturated carbocycles. The first-order chi connectivity index (χ1) is 16.4. The maximum atomic E-state index is 12.2. The van der Waals surface area contributed by atoms with E-state index in [0.717, 1.165) is 12.8 Å². The maximum Gasteiger partial charge on any atom is 0.305 e. The molecule has 1 fully saturated rings. The lowest BCUT2D eigenvalue weighted by molar-refractivity contribution is -0.150. The van der Waals surface area contributed by atoms with Crippen LogP contribution < -0.4 is 11.3 Å². The van der Waals surface area contributed by atoms with E-state index in [-0.39, 0.29) is 30.1 Å². The van der Waals surface area contributed by atoms with Crippen molar-refractivity contribution in [3.8, 4) is 0 Å². The number of imidazole rings is 1. The number of rotatable bonds is 7. The molecule has 3 heterocycles. The highest BCUT2D eigenvalue weighted by Gasteiger charge is 2.45. The number of nitrogens with two attached hydrogens (primary N) is 1. The van der Waals surface area contributed by atoms with Gasteiger partial charge >= 0.3 is 5.97 Å². The Balaban J connectivity index is 1.15. The molecular weight excluding hydrogens is 442 g/mol. The number of nitrogens with one attached hydrogen (secondary N) is 1. The highest BCUT2D eigenvalue weighted by atomic mass is 16.6. The Labute approximate surface area is 193 Å². The van der Waals surface area contributed by atoms with Gasteiger partial charge in [-0.05, 0) is 36.0 Å². The molecule has 5 N–H and O–H groups in total. The average Bonchev–Trinajstić information content (AvgIpc) is 3.50. The highest BCUT2D eigenvalue weighted by Crippen LogP contribution is 2.32. The number of nitrogens with zero attached hydrogens (tertiary/aromatic N) is 3. The van der Waals surface area contributed by atoms with Gasteiger partial charge in [-0.2, -0.15) is 4.98 Å². The van der Waals surface area contributed by atoms with Crippen LogP contribution >= 0.6 is 0 Å². The van der Waals surface area contributed by atoms with E-state index < -0.39 is 36.1 Å². The zero-order valence-electron chi connectivity index (χ0n) is 18.3. The van der Waals surface area contributed by atoms with Crippen LogP contribution in [0.3, 0.4) is 0 Å². The number of carbonyl (C=O) groups excluding carboxylic acids is 1. The SMILES string of the molecule is Nc1nc2c(ncn2[C@@H]2O[C@H](COC(=O)CCCC3=CCc4ccccc43)C(O)[C@@H]2O)c(=O)[nH]1. The Hall–Kier alpha value is -3.54. The summed E-state index contributed by atoms with van der Waals surface area (Å²) in [5, 5.41) is 20.9. The van der Waals surface area contributed by atoms with E-state index in [0.29, 0.717) is 6.42 Å². The molecule has 1 aliphatic carbocycles. The lowest BCUT2D eigenvalue weighted by Crippen LogP contribution is -2.34. The van der Waals surface area contributed by atoms with E-state index in [9.17, 15) is 19.8 Å². The number of anilines is 1. The van der Waals surface area contributed by atoms with Crippen molar-refractivity contribution in [2.75, 3.05) is 12.3 Å². The molecule has 0 bridgehead atoms. The van der Waals surface area contributed by atoms with Gasteiger partial charge < -0.3 is 25.4 Å². The van der Waals surface area contributed by atoms with Crippen LogP contribution in [0.5, 0.6) is 0 Å². The van der Waals surface area contributed by atoms with Crippen molar-refractivity contribution in [1.29, 1.82) is 0 Å². The number of aliphatic hydroxyl groups excluding tert-OH is 2. The van der Waals surface area contributed by atoms with E-state index >= 15 is 0 Å². The van der Waals surface area contributed by atoms with Crippen molar-refractivity contribution in [3.63, 3.8) is 0 Å². The Morgan fingerprint density at radius 2 is 2.12 bits per heavy atom. The number of allylic oxidation sites excluding steroid dienone is 2. The molecule has 0 radical (unpaired) electrons. The predicted octanol–water partition coefficient (Wildman–Crippen LogP) is 0.674. The van der Waals surface area contributed by atoms with Crippen molar-refractivity contribution in [2.45, 2.75) is 50.2 Å². The number of fused-ring (bicyclic) bond motifs is 2. The molecule has 178 valence electrons. The number of aliphatic hydroxyl groups is 2. The average molecular weight is 467 g/mol. The Kier molecular flexibility index (Phi) is 5.90. The Morgan fingerprint density at radius 3 is 2.97 bits per heavy atom. The minimum atomic E-state index is -1.35. The van der Waals surface area contributed by atoms with E-state index in [1.807, 2.05) is 12.1 Å². The standard InChI is InChI=1S/C23H25N5O6/c24-23-26-20-17(21(32)27-23)25-11-28(20)22-19(31)18(30)15(34-22)10-33-16(29)7-3-5-13-9-8-12-4-1-2-6-14(12)13/h1-2,4,6,9,11,15,18-19,22,30-31H,3,5,7-8,10H2,(H3,24,26,27,32)/t15-,18?,19+,22-/m1/s1. The summed E-state index contributed by atoms with van der Waals surface area (Å²) in [5.41, 5.74) is 8.98. The van der Waals surface area contributed by atoms with Gasteiger partial charge in [-0.15, -0.1) is 0 Å². The molecule has 2 aromatic heterocycles. The van der Waals surface area contributed by atoms with E-state index in [1.54, 1.807) is 0 Å². The van der Waals surface area contributed by atoms with Gasteiger partial charge in [0.1, 0.15) is 24.9 Å². The number of benzene rings is 1. The van der Waals surface area contributed by atoms with Crippen molar-refractivity contribution < 1.29 is 24.5 Å². The molecule has 4 atom stereocenters. The van der Waals surface area contributed by atoms with Crippen LogP contribution in [0, 0.1) is 0 Å². The molecule has 2 aliphatic rings. The summed E-state index contributed by atoms with van der Waals surface area (Å²) in [5.74, 6) is -0.524. The number of esters is 1. The third-order valence-corrected chi connectivity index (χ3v) is 6.23. The Bertz CT molecular complexity index is 1310. The third kappa shape index (κ3) is 4.09. The summed E-state index contributed by atoms with van der Waals surface area (Å²) in [4.78, 5) is 34.6. The summed E-state index contributed by atoms with van der Waals surface area (Å²) in [7, 11) is 0. The second kappa shape index (κ2) is 9.01. The fourth-order valence-electron chi connectivity index (χ4n) is 4.49. The van der Waals surface area contributed by atoms with Crippen molar-refractivity contribution in [3.05, 3.63) is 58.1 Å². The second-order valence-corrected chi connectivity index (χ2v) is 8.45. The number of hydrogen-bond donors (Lipinski definition) is 4. The van der Waals surface area contributed by atoms with E-state index in [1.165, 1.54) is 27.6 Å². The van der Waals surface area contributed by atoms with Crippen molar-refractivity contribution >= 4 is 28.7 Å². The van der Waals surface area contributed by atoms with Crippen molar-refractivity contribution in [1.82, 2.24) is 19.5 Å². The lowest BCUT2D eigenvalue weighted by Gasteiger charge is -2.16. The third-order valence-electron chi connectivity index (χ3n) is 6.23. The maximum absolute atomic E-state index is 12.2. The first kappa shape index (κ1) is 22.3. The molecule has 3 aromatic rings. The predicted molar refractivity (Wildman–Crippen MR) is 121 cm³/mol. The number of nitrogen functional groups attached to an aromatic ring is 1. The number of ether oxygens (including phenoxy) is 2. The molecule has 11 heteroatoms. The summed E-state index contributed by atoms with van der Waals surface area (Å²) >= 11 is 0. The second-order valence-electron chi connectivity index (χ2n) is 8.45. The zero-order chi connectivity index (χ0) is 23.8. The van der Waals surface area contributed by atoms with Gasteiger partial charge in [0.15, 0.2) is 17.4 Å². The summed E-state index contributed by atoms with van der Waals surface area (Å²) in [6, 6.07) is 8.24. The Morgan fingerprint density at radius 1 is 1.29 bits per heavy atom. The molecule has 34 heavy (non-hydrogen) atoms. The molecule has 5 rings (SSSR count). The first-order valence-electron chi connectivity index (χ1n) is 11.1. The largest absolute Gasteiger partial charge is 0.463 e. The summed E-state index contributed by atoms with van der Waals surface area (Å²) < 4.78 is 12.4. The van der Waals surface area contributed by atoms with Gasteiger partial charge in [0.25, 0.3) is 5.56 Å².